The lowest BCUT2D eigenvalue weighted by molar-refractivity contribution is 0.846. The first-order chi connectivity index (χ1) is 14.4. The summed E-state index contributed by atoms with van der Waals surface area (Å²) in [5.41, 5.74) is 6.00. The molecule has 0 spiro atoms. The normalized spacial score (nSPS) is 11.6. The number of aromatic amines is 1. The predicted octanol–water partition coefficient (Wildman–Crippen LogP) is 5.70. The second kappa shape index (κ2) is 6.76. The van der Waals surface area contributed by atoms with Gasteiger partial charge >= 0.3 is 0 Å². The Balaban J connectivity index is 1.87. The summed E-state index contributed by atoms with van der Waals surface area (Å²) in [4.78, 5) is 13.2. The zero-order valence-corrected chi connectivity index (χ0v) is 18.1. The molecule has 0 radical (unpaired) electrons. The molecule has 0 aliphatic rings. The van der Waals surface area contributed by atoms with Crippen LogP contribution in [-0.2, 0) is 14.1 Å². The molecule has 0 aliphatic heterocycles. The minimum Gasteiger partial charge on any atom is -0.330 e. The van der Waals surface area contributed by atoms with Gasteiger partial charge < -0.3 is 4.57 Å². The van der Waals surface area contributed by atoms with Gasteiger partial charge in [-0.2, -0.15) is 5.10 Å². The van der Waals surface area contributed by atoms with Gasteiger partial charge in [0.2, 0.25) is 0 Å². The molecule has 0 aliphatic carbocycles. The number of hydrogen-bond donors (Lipinski definition) is 1. The topological polar surface area (TPSA) is 55.6 Å². The molecule has 7 heteroatoms. The van der Waals surface area contributed by atoms with Crippen molar-refractivity contribution in [3.63, 3.8) is 0 Å². The van der Waals surface area contributed by atoms with E-state index in [1.165, 1.54) is 0 Å². The summed E-state index contributed by atoms with van der Waals surface area (Å²) in [5, 5.41) is 10.3. The van der Waals surface area contributed by atoms with Crippen molar-refractivity contribution in [1.29, 1.82) is 0 Å². The third-order valence-corrected chi connectivity index (χ3v) is 6.22. The smallest absolute Gasteiger partial charge is 0.259 e. The molecular formula is C23H18Cl2N4O. The van der Waals surface area contributed by atoms with Crippen LogP contribution in [-0.4, -0.2) is 19.3 Å². The van der Waals surface area contributed by atoms with Crippen molar-refractivity contribution in [3.8, 4) is 22.4 Å². The van der Waals surface area contributed by atoms with Gasteiger partial charge in [0.15, 0.2) is 0 Å². The van der Waals surface area contributed by atoms with Crippen LogP contribution in [0.1, 0.15) is 5.56 Å². The second-order valence-electron chi connectivity index (χ2n) is 7.49. The van der Waals surface area contributed by atoms with Crippen molar-refractivity contribution < 1.29 is 0 Å². The van der Waals surface area contributed by atoms with Crippen molar-refractivity contribution in [1.82, 2.24) is 19.3 Å². The molecule has 0 fully saturated rings. The zero-order chi connectivity index (χ0) is 21.2. The van der Waals surface area contributed by atoms with E-state index in [1.54, 1.807) is 29.8 Å². The van der Waals surface area contributed by atoms with Crippen LogP contribution in [0, 0.1) is 6.92 Å². The second-order valence-corrected chi connectivity index (χ2v) is 8.34. The van der Waals surface area contributed by atoms with Gasteiger partial charge in [0.25, 0.3) is 5.56 Å². The van der Waals surface area contributed by atoms with E-state index in [0.29, 0.717) is 21.2 Å². The summed E-state index contributed by atoms with van der Waals surface area (Å²) in [6, 6.07) is 13.4. The maximum absolute atomic E-state index is 13.2. The highest BCUT2D eigenvalue weighted by atomic mass is 35.5. The van der Waals surface area contributed by atoms with Crippen molar-refractivity contribution in [2.75, 3.05) is 0 Å². The van der Waals surface area contributed by atoms with Gasteiger partial charge in [0.05, 0.1) is 16.2 Å². The molecule has 3 aromatic heterocycles. The Morgan fingerprint density at radius 1 is 0.933 bits per heavy atom. The highest BCUT2D eigenvalue weighted by Gasteiger charge is 2.18. The molecule has 5 rings (SSSR count). The summed E-state index contributed by atoms with van der Waals surface area (Å²) in [6.45, 7) is 2.02. The summed E-state index contributed by atoms with van der Waals surface area (Å²) in [5.74, 6) is 0. The summed E-state index contributed by atoms with van der Waals surface area (Å²) < 4.78 is 3.72. The molecule has 150 valence electrons. The molecular weight excluding hydrogens is 419 g/mol. The molecule has 3 heterocycles. The maximum atomic E-state index is 13.2. The van der Waals surface area contributed by atoms with Gasteiger partial charge in [-0.25, -0.2) is 0 Å². The number of hydrogen-bond acceptors (Lipinski definition) is 2. The Hall–Kier alpha value is -3.02. The van der Waals surface area contributed by atoms with Gasteiger partial charge in [0, 0.05) is 52.8 Å². The number of H-pyrrole nitrogens is 1. The molecule has 0 bridgehead atoms. The van der Waals surface area contributed by atoms with E-state index in [1.807, 2.05) is 30.8 Å². The predicted molar refractivity (Wildman–Crippen MR) is 123 cm³/mol. The van der Waals surface area contributed by atoms with Gasteiger partial charge in [-0.15, -0.1) is 0 Å². The van der Waals surface area contributed by atoms with E-state index < -0.39 is 0 Å². The quantitative estimate of drug-likeness (QED) is 0.385. The Morgan fingerprint density at radius 3 is 2.43 bits per heavy atom. The summed E-state index contributed by atoms with van der Waals surface area (Å²) in [6.07, 6.45) is 1.88. The Labute approximate surface area is 182 Å². The number of benzene rings is 2. The summed E-state index contributed by atoms with van der Waals surface area (Å²) >= 11 is 12.5. The molecule has 2 aromatic carbocycles. The average Bonchev–Trinajstić information content (AvgIpc) is 3.26. The van der Waals surface area contributed by atoms with E-state index in [9.17, 15) is 4.79 Å². The zero-order valence-electron chi connectivity index (χ0n) is 16.6. The van der Waals surface area contributed by atoms with Crippen LogP contribution < -0.4 is 5.56 Å². The number of fused-ring (bicyclic) bond motifs is 3. The number of pyridine rings is 1. The molecule has 0 atom stereocenters. The Bertz CT molecular complexity index is 1520. The number of nitrogens with one attached hydrogen (secondary N) is 1. The van der Waals surface area contributed by atoms with E-state index >= 15 is 0 Å². The van der Waals surface area contributed by atoms with Crippen LogP contribution in [0.15, 0.2) is 53.5 Å². The lowest BCUT2D eigenvalue weighted by atomic mass is 10.0. The molecule has 0 saturated carbocycles. The Kier molecular flexibility index (Phi) is 4.27. The minimum atomic E-state index is -0.110. The first-order valence-electron chi connectivity index (χ1n) is 9.45. The molecule has 5 aromatic rings. The van der Waals surface area contributed by atoms with Gasteiger partial charge in [-0.05, 0) is 42.8 Å². The van der Waals surface area contributed by atoms with E-state index in [4.69, 9.17) is 23.2 Å². The molecule has 5 nitrogen and oxygen atoms in total. The highest BCUT2D eigenvalue weighted by molar-refractivity contribution is 6.36. The summed E-state index contributed by atoms with van der Waals surface area (Å²) in [7, 11) is 3.76. The number of nitrogens with zero attached hydrogens (tertiary/aromatic N) is 3. The fourth-order valence-electron chi connectivity index (χ4n) is 4.18. The molecule has 30 heavy (non-hydrogen) atoms. The average molecular weight is 437 g/mol. The lowest BCUT2D eigenvalue weighted by Gasteiger charge is -2.09. The Morgan fingerprint density at radius 2 is 1.73 bits per heavy atom. The minimum absolute atomic E-state index is 0.110. The highest BCUT2D eigenvalue weighted by Crippen LogP contribution is 2.35. The van der Waals surface area contributed by atoms with E-state index in [2.05, 4.69) is 28.4 Å². The first kappa shape index (κ1) is 19.0. The van der Waals surface area contributed by atoms with Crippen LogP contribution in [0.5, 0.6) is 0 Å². The van der Waals surface area contributed by atoms with Crippen molar-refractivity contribution >= 4 is 45.1 Å². The number of halogens is 2. The number of aryl methyl sites for hydroxylation is 3. The van der Waals surface area contributed by atoms with Crippen LogP contribution in [0.3, 0.4) is 0 Å². The van der Waals surface area contributed by atoms with Gasteiger partial charge in [-0.3, -0.25) is 14.5 Å². The standard InChI is InChI=1S/C23H18Cl2N4O/c1-12-11-26-27-21(12)13-4-7-20-16(8-13)17-10-18(15-6-5-14(24)9-19(15)25)23(30)29(3)22(17)28(20)2/h4-11H,1-3H3,(H,26,27). The number of rotatable bonds is 2. The van der Waals surface area contributed by atoms with Gasteiger partial charge in [0.1, 0.15) is 5.65 Å². The largest absolute Gasteiger partial charge is 0.330 e. The lowest BCUT2D eigenvalue weighted by Crippen LogP contribution is -2.20. The molecule has 0 unspecified atom stereocenters. The third-order valence-electron chi connectivity index (χ3n) is 5.67. The van der Waals surface area contributed by atoms with E-state index in [-0.39, 0.29) is 5.56 Å². The molecule has 0 saturated heterocycles. The van der Waals surface area contributed by atoms with E-state index in [0.717, 1.165) is 38.8 Å². The van der Waals surface area contributed by atoms with Crippen LogP contribution >= 0.6 is 23.2 Å². The SMILES string of the molecule is Cc1c[nH]nc1-c1ccc2c(c1)c1cc(-c3ccc(Cl)cc3Cl)c(=O)n(C)c1n2C. The molecule has 0 amide bonds. The molecule has 1 N–H and O–H groups in total. The fraction of sp³-hybridized carbons (Fsp3) is 0.130. The maximum Gasteiger partial charge on any atom is 0.259 e. The van der Waals surface area contributed by atoms with Crippen molar-refractivity contribution in [2.45, 2.75) is 6.92 Å². The van der Waals surface area contributed by atoms with Crippen molar-refractivity contribution in [2.24, 2.45) is 14.1 Å². The number of aromatic nitrogens is 4. The fourth-order valence-corrected chi connectivity index (χ4v) is 4.69. The third kappa shape index (κ3) is 2.70. The van der Waals surface area contributed by atoms with Gasteiger partial charge in [-0.1, -0.05) is 35.3 Å². The van der Waals surface area contributed by atoms with Crippen LogP contribution in [0.2, 0.25) is 10.0 Å². The van der Waals surface area contributed by atoms with Crippen LogP contribution in [0.25, 0.3) is 44.3 Å². The first-order valence-corrected chi connectivity index (χ1v) is 10.2. The van der Waals surface area contributed by atoms with Crippen molar-refractivity contribution in [3.05, 3.63) is 74.6 Å². The monoisotopic (exact) mass is 436 g/mol. The van der Waals surface area contributed by atoms with Crippen LogP contribution in [0.4, 0.5) is 0 Å².